The number of aliphatic hydroxyl groups is 2. The molecule has 2 bridgehead atoms. The molecule has 0 spiro atoms. The standard InChI is InChI=1S/C26H31N5O4/c1-25-11-15(12-26(2,35-25)22(33)21(25)32)10-17-8-9-19(20(29-17)16-6-4-3-5-7-16)31-24(34)23-28-14-18(13-27)30-23/h6,8-9,14-15,21-22,32-33H,3-5,7,10-12H2,1-2H3,(H,28,30)(H,31,34)/t15?,21-,22+,25+,26-. The molecule has 2 saturated heterocycles. The van der Waals surface area contributed by atoms with Gasteiger partial charge in [-0.15, -0.1) is 0 Å². The Kier molecular flexibility index (Phi) is 5.99. The maximum atomic E-state index is 12.8. The molecule has 0 saturated carbocycles. The lowest BCUT2D eigenvalue weighted by Gasteiger charge is -2.41. The monoisotopic (exact) mass is 477 g/mol. The largest absolute Gasteiger partial charge is 0.387 e. The van der Waals surface area contributed by atoms with Crippen molar-refractivity contribution >= 4 is 17.2 Å². The number of pyridine rings is 1. The number of allylic oxidation sites excluding steroid dienone is 2. The van der Waals surface area contributed by atoms with Gasteiger partial charge >= 0.3 is 0 Å². The van der Waals surface area contributed by atoms with E-state index in [1.807, 2.05) is 32.0 Å². The van der Waals surface area contributed by atoms with Gasteiger partial charge in [-0.2, -0.15) is 5.26 Å². The predicted octanol–water partition coefficient (Wildman–Crippen LogP) is 3.11. The van der Waals surface area contributed by atoms with Gasteiger partial charge in [-0.3, -0.25) is 9.78 Å². The van der Waals surface area contributed by atoms with Crippen molar-refractivity contribution in [1.29, 1.82) is 5.26 Å². The molecular weight excluding hydrogens is 446 g/mol. The number of hydrogen-bond acceptors (Lipinski definition) is 7. The van der Waals surface area contributed by atoms with E-state index in [2.05, 4.69) is 21.4 Å². The molecular formula is C26H31N5O4. The first-order valence-electron chi connectivity index (χ1n) is 12.2. The van der Waals surface area contributed by atoms with Crippen LogP contribution in [0.4, 0.5) is 5.69 Å². The Labute approximate surface area is 204 Å². The number of H-pyrrole nitrogens is 1. The van der Waals surface area contributed by atoms with Crippen molar-refractivity contribution in [1.82, 2.24) is 15.0 Å². The average Bonchev–Trinajstić information content (AvgIpc) is 3.37. The van der Waals surface area contributed by atoms with E-state index in [1.165, 1.54) is 6.20 Å². The van der Waals surface area contributed by atoms with Gasteiger partial charge in [0.2, 0.25) is 0 Å². The molecule has 0 aromatic carbocycles. The van der Waals surface area contributed by atoms with E-state index >= 15 is 0 Å². The number of anilines is 1. The normalized spacial score (nSPS) is 32.1. The first-order valence-corrected chi connectivity index (χ1v) is 12.2. The van der Waals surface area contributed by atoms with Gasteiger partial charge < -0.3 is 25.3 Å². The first-order chi connectivity index (χ1) is 16.7. The smallest absolute Gasteiger partial charge is 0.291 e. The summed E-state index contributed by atoms with van der Waals surface area (Å²) < 4.78 is 6.09. The second-order valence-corrected chi connectivity index (χ2v) is 10.5. The minimum Gasteiger partial charge on any atom is -0.387 e. The van der Waals surface area contributed by atoms with Crippen LogP contribution in [0.15, 0.2) is 24.4 Å². The second-order valence-electron chi connectivity index (χ2n) is 10.5. The van der Waals surface area contributed by atoms with Crippen LogP contribution in [0.1, 0.15) is 80.1 Å². The van der Waals surface area contributed by atoms with Crippen LogP contribution in [0, 0.1) is 17.2 Å². The molecule has 2 aromatic rings. The molecule has 2 aromatic heterocycles. The van der Waals surface area contributed by atoms with Crippen molar-refractivity contribution in [3.63, 3.8) is 0 Å². The van der Waals surface area contributed by atoms with Crippen LogP contribution in [0.25, 0.3) is 5.57 Å². The van der Waals surface area contributed by atoms with E-state index in [4.69, 9.17) is 15.0 Å². The van der Waals surface area contributed by atoms with Gasteiger partial charge in [0.1, 0.15) is 18.3 Å². The molecule has 9 heteroatoms. The Bertz CT molecular complexity index is 1190. The molecule has 3 aliphatic rings. The molecule has 1 aliphatic carbocycles. The number of carbonyl (C=O) groups excluding carboxylic acids is 1. The summed E-state index contributed by atoms with van der Waals surface area (Å²) >= 11 is 0. The van der Waals surface area contributed by atoms with Crippen LogP contribution >= 0.6 is 0 Å². The Hall–Kier alpha value is -3.06. The van der Waals surface area contributed by atoms with Crippen molar-refractivity contribution in [2.24, 2.45) is 5.92 Å². The quantitative estimate of drug-likeness (QED) is 0.518. The molecule has 5 atom stereocenters. The Balaban J connectivity index is 1.40. The van der Waals surface area contributed by atoms with Gasteiger partial charge in [0.05, 0.1) is 22.6 Å². The number of aromatic amines is 1. The molecule has 184 valence electrons. The van der Waals surface area contributed by atoms with E-state index in [-0.39, 0.29) is 17.4 Å². The summed E-state index contributed by atoms with van der Waals surface area (Å²) in [5.74, 6) is -0.159. The lowest BCUT2D eigenvalue weighted by molar-refractivity contribution is -0.163. The number of imidazole rings is 1. The number of nitrogens with zero attached hydrogens (tertiary/aromatic N) is 3. The molecule has 5 rings (SSSR count). The summed E-state index contributed by atoms with van der Waals surface area (Å²) in [6.45, 7) is 3.74. The van der Waals surface area contributed by atoms with Crippen molar-refractivity contribution < 1.29 is 19.7 Å². The highest BCUT2D eigenvalue weighted by atomic mass is 16.6. The molecule has 9 nitrogen and oxygen atoms in total. The van der Waals surface area contributed by atoms with Crippen molar-refractivity contribution in [2.45, 2.75) is 82.2 Å². The van der Waals surface area contributed by atoms with Gasteiger partial charge in [-0.05, 0) is 82.4 Å². The molecule has 1 amide bonds. The zero-order chi connectivity index (χ0) is 24.8. The summed E-state index contributed by atoms with van der Waals surface area (Å²) in [7, 11) is 0. The second kappa shape index (κ2) is 8.86. The van der Waals surface area contributed by atoms with E-state index < -0.39 is 29.3 Å². The van der Waals surface area contributed by atoms with Gasteiger partial charge in [0.15, 0.2) is 11.5 Å². The van der Waals surface area contributed by atoms with Gasteiger partial charge in [-0.1, -0.05) is 6.08 Å². The zero-order valence-electron chi connectivity index (χ0n) is 20.0. The van der Waals surface area contributed by atoms with E-state index in [1.54, 1.807) is 0 Å². The summed E-state index contributed by atoms with van der Waals surface area (Å²) in [6, 6.07) is 5.70. The molecule has 4 heterocycles. The van der Waals surface area contributed by atoms with Gasteiger partial charge in [0, 0.05) is 11.9 Å². The fraction of sp³-hybridized carbons (Fsp3) is 0.538. The molecule has 0 radical (unpaired) electrons. The van der Waals surface area contributed by atoms with Crippen LogP contribution in [0.5, 0.6) is 0 Å². The number of hydrogen-bond donors (Lipinski definition) is 4. The number of carbonyl (C=O) groups is 1. The van der Waals surface area contributed by atoms with Crippen molar-refractivity contribution in [3.05, 3.63) is 47.3 Å². The number of nitriles is 1. The molecule has 35 heavy (non-hydrogen) atoms. The van der Waals surface area contributed by atoms with Crippen LogP contribution in [0.3, 0.4) is 0 Å². The van der Waals surface area contributed by atoms with Crippen LogP contribution in [0.2, 0.25) is 0 Å². The number of ether oxygens (including phenoxy) is 1. The summed E-state index contributed by atoms with van der Waals surface area (Å²) in [5, 5.41) is 33.0. The third-order valence-corrected chi connectivity index (χ3v) is 7.61. The van der Waals surface area contributed by atoms with Crippen LogP contribution < -0.4 is 5.32 Å². The maximum Gasteiger partial charge on any atom is 0.291 e. The van der Waals surface area contributed by atoms with Gasteiger partial charge in [-0.25, -0.2) is 4.98 Å². The highest BCUT2D eigenvalue weighted by Gasteiger charge is 2.61. The van der Waals surface area contributed by atoms with E-state index in [0.29, 0.717) is 24.9 Å². The van der Waals surface area contributed by atoms with Crippen molar-refractivity contribution in [2.75, 3.05) is 5.32 Å². The summed E-state index contributed by atoms with van der Waals surface area (Å²) in [6.07, 6.45) is 7.81. The zero-order valence-corrected chi connectivity index (χ0v) is 20.0. The lowest BCUT2D eigenvalue weighted by atomic mass is 9.81. The fourth-order valence-corrected chi connectivity index (χ4v) is 5.99. The Morgan fingerprint density at radius 3 is 2.60 bits per heavy atom. The predicted molar refractivity (Wildman–Crippen MR) is 128 cm³/mol. The number of fused-ring (bicyclic) bond motifs is 2. The third-order valence-electron chi connectivity index (χ3n) is 7.61. The molecule has 1 unspecified atom stereocenters. The van der Waals surface area contributed by atoms with E-state index in [9.17, 15) is 15.0 Å². The Morgan fingerprint density at radius 1 is 1.23 bits per heavy atom. The highest BCUT2D eigenvalue weighted by Crippen LogP contribution is 2.50. The average molecular weight is 478 g/mol. The Morgan fingerprint density at radius 2 is 1.97 bits per heavy atom. The number of aromatic nitrogens is 3. The van der Waals surface area contributed by atoms with Gasteiger partial charge in [0.25, 0.3) is 5.91 Å². The minimum atomic E-state index is -0.908. The number of nitrogens with one attached hydrogen (secondary N) is 2. The summed E-state index contributed by atoms with van der Waals surface area (Å²) in [5.41, 5.74) is 1.99. The third kappa shape index (κ3) is 4.38. The number of rotatable bonds is 5. The SMILES string of the molecule is C[C@]12CC(Cc3ccc(NC(=O)c4nc(C#N)c[nH]4)c(C4=CCCCC4)n3)C[C@](C)(O1)[C@H](O)[C@@H]2O. The topological polar surface area (TPSA) is 144 Å². The molecule has 2 aliphatic heterocycles. The minimum absolute atomic E-state index is 0.0745. The van der Waals surface area contributed by atoms with Crippen LogP contribution in [-0.4, -0.2) is 54.5 Å². The first kappa shape index (κ1) is 23.7. The van der Waals surface area contributed by atoms with Crippen LogP contribution in [-0.2, 0) is 11.2 Å². The fourth-order valence-electron chi connectivity index (χ4n) is 5.99. The van der Waals surface area contributed by atoms with Crippen molar-refractivity contribution in [3.8, 4) is 6.07 Å². The number of amides is 1. The highest BCUT2D eigenvalue weighted by molar-refractivity contribution is 6.03. The number of aliphatic hydroxyl groups excluding tert-OH is 2. The summed E-state index contributed by atoms with van der Waals surface area (Å²) in [4.78, 5) is 24.5. The lowest BCUT2D eigenvalue weighted by Crippen LogP contribution is -2.44. The van der Waals surface area contributed by atoms with E-state index in [0.717, 1.165) is 42.6 Å². The molecule has 2 fully saturated rings. The maximum absolute atomic E-state index is 12.8. The molecule has 4 N–H and O–H groups in total.